The minimum absolute atomic E-state index is 0.101. The van der Waals surface area contributed by atoms with E-state index in [1.54, 1.807) is 0 Å². The van der Waals surface area contributed by atoms with Crippen LogP contribution in [0, 0.1) is 17.3 Å². The highest BCUT2D eigenvalue weighted by molar-refractivity contribution is 5.38. The Hall–Kier alpha value is -1.50. The van der Waals surface area contributed by atoms with Crippen LogP contribution in [0.15, 0.2) is 24.3 Å². The minimum atomic E-state index is 0.101. The minimum Gasteiger partial charge on any atom is -0.491 e. The van der Waals surface area contributed by atoms with Crippen molar-refractivity contribution in [3.05, 3.63) is 29.8 Å². The Kier molecular flexibility index (Phi) is 7.89. The van der Waals surface area contributed by atoms with E-state index in [1.807, 2.05) is 24.3 Å². The Bertz CT molecular complexity index is 446. The molecule has 0 aliphatic carbocycles. The van der Waals surface area contributed by atoms with Crippen molar-refractivity contribution >= 4 is 0 Å². The fourth-order valence-corrected chi connectivity index (χ4v) is 1.55. The standard InChI is InChI=1S/C18H26O3/c1-18(2,3)11-13-20-14-15-21-17-9-7-16(8-10-17)6-4-5-12-19/h7-10,19H,5,11-15H2,1-3H3. The van der Waals surface area contributed by atoms with Gasteiger partial charge in [-0.1, -0.05) is 32.6 Å². The van der Waals surface area contributed by atoms with Crippen molar-refractivity contribution < 1.29 is 14.6 Å². The summed E-state index contributed by atoms with van der Waals surface area (Å²) < 4.78 is 11.2. The summed E-state index contributed by atoms with van der Waals surface area (Å²) in [4.78, 5) is 0. The molecule has 0 fully saturated rings. The van der Waals surface area contributed by atoms with E-state index in [-0.39, 0.29) is 6.61 Å². The molecule has 0 heterocycles. The lowest BCUT2D eigenvalue weighted by atomic mass is 9.93. The molecule has 0 aliphatic heterocycles. The van der Waals surface area contributed by atoms with E-state index in [1.165, 1.54) is 0 Å². The lowest BCUT2D eigenvalue weighted by molar-refractivity contribution is 0.0818. The van der Waals surface area contributed by atoms with E-state index in [4.69, 9.17) is 14.6 Å². The number of ether oxygens (including phenoxy) is 2. The van der Waals surface area contributed by atoms with Crippen LogP contribution in [-0.4, -0.2) is 31.5 Å². The quantitative estimate of drug-likeness (QED) is 0.619. The molecule has 0 spiro atoms. The van der Waals surface area contributed by atoms with Crippen molar-refractivity contribution in [1.82, 2.24) is 0 Å². The van der Waals surface area contributed by atoms with Crippen LogP contribution in [0.2, 0.25) is 0 Å². The third kappa shape index (κ3) is 9.12. The first kappa shape index (κ1) is 17.6. The fourth-order valence-electron chi connectivity index (χ4n) is 1.55. The van der Waals surface area contributed by atoms with Crippen LogP contribution >= 0.6 is 0 Å². The molecule has 0 aromatic heterocycles. The van der Waals surface area contributed by atoms with Gasteiger partial charge in [0.2, 0.25) is 0 Å². The molecule has 116 valence electrons. The second-order valence-electron chi connectivity index (χ2n) is 6.07. The molecule has 0 saturated carbocycles. The molecular weight excluding hydrogens is 264 g/mol. The summed E-state index contributed by atoms with van der Waals surface area (Å²) in [5, 5.41) is 8.66. The summed E-state index contributed by atoms with van der Waals surface area (Å²) in [5.41, 5.74) is 1.24. The first-order valence-corrected chi connectivity index (χ1v) is 7.41. The van der Waals surface area contributed by atoms with Gasteiger partial charge in [0.25, 0.3) is 0 Å². The van der Waals surface area contributed by atoms with Gasteiger partial charge in [0.1, 0.15) is 12.4 Å². The predicted molar refractivity (Wildman–Crippen MR) is 85.4 cm³/mol. The zero-order chi connectivity index (χ0) is 15.6. The van der Waals surface area contributed by atoms with E-state index in [2.05, 4.69) is 32.6 Å². The number of hydrogen-bond donors (Lipinski definition) is 1. The highest BCUT2D eigenvalue weighted by atomic mass is 16.5. The summed E-state index contributed by atoms with van der Waals surface area (Å²) >= 11 is 0. The molecule has 0 unspecified atom stereocenters. The largest absolute Gasteiger partial charge is 0.491 e. The third-order valence-corrected chi connectivity index (χ3v) is 2.82. The van der Waals surface area contributed by atoms with Gasteiger partial charge in [-0.25, -0.2) is 0 Å². The van der Waals surface area contributed by atoms with Gasteiger partial charge in [-0.2, -0.15) is 0 Å². The fraction of sp³-hybridized carbons (Fsp3) is 0.556. The van der Waals surface area contributed by atoms with Crippen LogP contribution in [0.3, 0.4) is 0 Å². The normalized spacial score (nSPS) is 10.9. The van der Waals surface area contributed by atoms with Gasteiger partial charge in [-0.05, 0) is 36.1 Å². The van der Waals surface area contributed by atoms with Crippen molar-refractivity contribution in [3.8, 4) is 17.6 Å². The van der Waals surface area contributed by atoms with Gasteiger partial charge < -0.3 is 14.6 Å². The lowest BCUT2D eigenvalue weighted by Gasteiger charge is -2.17. The van der Waals surface area contributed by atoms with E-state index in [0.29, 0.717) is 25.0 Å². The van der Waals surface area contributed by atoms with Crippen molar-refractivity contribution in [2.24, 2.45) is 5.41 Å². The van der Waals surface area contributed by atoms with Gasteiger partial charge in [-0.3, -0.25) is 0 Å². The molecular formula is C18H26O3. The molecule has 3 nitrogen and oxygen atoms in total. The Morgan fingerprint density at radius 1 is 1.05 bits per heavy atom. The second-order valence-corrected chi connectivity index (χ2v) is 6.07. The molecule has 1 N–H and O–H groups in total. The van der Waals surface area contributed by atoms with Crippen LogP contribution in [0.5, 0.6) is 5.75 Å². The number of aliphatic hydroxyl groups is 1. The van der Waals surface area contributed by atoms with E-state index in [0.717, 1.165) is 24.3 Å². The highest BCUT2D eigenvalue weighted by Crippen LogP contribution is 2.17. The van der Waals surface area contributed by atoms with Crippen molar-refractivity contribution in [1.29, 1.82) is 0 Å². The molecule has 0 bridgehead atoms. The Balaban J connectivity index is 2.20. The van der Waals surface area contributed by atoms with E-state index < -0.39 is 0 Å². The second kappa shape index (κ2) is 9.44. The topological polar surface area (TPSA) is 38.7 Å². The number of aliphatic hydroxyl groups excluding tert-OH is 1. The molecule has 1 aromatic carbocycles. The van der Waals surface area contributed by atoms with E-state index >= 15 is 0 Å². The van der Waals surface area contributed by atoms with Gasteiger partial charge in [-0.15, -0.1) is 0 Å². The molecule has 0 amide bonds. The summed E-state index contributed by atoms with van der Waals surface area (Å²) in [6.45, 7) is 8.65. The molecule has 1 aromatic rings. The number of rotatable bonds is 7. The predicted octanol–water partition coefficient (Wildman–Crippen LogP) is 3.25. The Morgan fingerprint density at radius 3 is 2.38 bits per heavy atom. The molecule has 3 heteroatoms. The average Bonchev–Trinajstić information content (AvgIpc) is 2.43. The molecule has 0 aliphatic rings. The van der Waals surface area contributed by atoms with Crippen molar-refractivity contribution in [2.45, 2.75) is 33.6 Å². The maximum absolute atomic E-state index is 8.66. The molecule has 0 atom stereocenters. The molecule has 1 rings (SSSR count). The third-order valence-electron chi connectivity index (χ3n) is 2.82. The number of hydrogen-bond acceptors (Lipinski definition) is 3. The highest BCUT2D eigenvalue weighted by Gasteiger charge is 2.08. The smallest absolute Gasteiger partial charge is 0.119 e. The lowest BCUT2D eigenvalue weighted by Crippen LogP contribution is -2.12. The summed E-state index contributed by atoms with van der Waals surface area (Å²) in [5.74, 6) is 6.69. The van der Waals surface area contributed by atoms with Crippen molar-refractivity contribution in [2.75, 3.05) is 26.4 Å². The van der Waals surface area contributed by atoms with Crippen LogP contribution < -0.4 is 4.74 Å². The zero-order valence-electron chi connectivity index (χ0n) is 13.3. The van der Waals surface area contributed by atoms with Crippen LogP contribution in [0.1, 0.15) is 39.2 Å². The SMILES string of the molecule is CC(C)(C)CCOCCOc1ccc(C#CCCO)cc1. The Morgan fingerprint density at radius 2 is 1.76 bits per heavy atom. The average molecular weight is 290 g/mol. The monoisotopic (exact) mass is 290 g/mol. The van der Waals surface area contributed by atoms with Gasteiger partial charge in [0.05, 0.1) is 13.2 Å². The summed E-state index contributed by atoms with van der Waals surface area (Å²) in [7, 11) is 0. The molecule has 0 saturated heterocycles. The maximum Gasteiger partial charge on any atom is 0.119 e. The van der Waals surface area contributed by atoms with Gasteiger partial charge >= 0.3 is 0 Å². The summed E-state index contributed by atoms with van der Waals surface area (Å²) in [6, 6.07) is 7.64. The Labute approximate surface area is 128 Å². The van der Waals surface area contributed by atoms with E-state index in [9.17, 15) is 0 Å². The van der Waals surface area contributed by atoms with Crippen LogP contribution in [-0.2, 0) is 4.74 Å². The van der Waals surface area contributed by atoms with Gasteiger partial charge in [0, 0.05) is 18.6 Å². The van der Waals surface area contributed by atoms with Crippen LogP contribution in [0.25, 0.3) is 0 Å². The maximum atomic E-state index is 8.66. The zero-order valence-corrected chi connectivity index (χ0v) is 13.3. The molecule has 0 radical (unpaired) electrons. The van der Waals surface area contributed by atoms with Crippen LogP contribution in [0.4, 0.5) is 0 Å². The van der Waals surface area contributed by atoms with Gasteiger partial charge in [0.15, 0.2) is 0 Å². The van der Waals surface area contributed by atoms with Crippen molar-refractivity contribution in [3.63, 3.8) is 0 Å². The molecule has 21 heavy (non-hydrogen) atoms. The first-order valence-electron chi connectivity index (χ1n) is 7.41. The number of benzene rings is 1. The first-order chi connectivity index (χ1) is 10.0. The summed E-state index contributed by atoms with van der Waals surface area (Å²) in [6.07, 6.45) is 1.55.